The van der Waals surface area contributed by atoms with E-state index in [0.29, 0.717) is 31.5 Å². The van der Waals surface area contributed by atoms with Gasteiger partial charge in [0.05, 0.1) is 12.3 Å². The third-order valence-corrected chi connectivity index (χ3v) is 5.87. The summed E-state index contributed by atoms with van der Waals surface area (Å²) in [6, 6.07) is 7.76. The summed E-state index contributed by atoms with van der Waals surface area (Å²) in [7, 11) is 2.04. The minimum absolute atomic E-state index is 0.175. The van der Waals surface area contributed by atoms with Gasteiger partial charge >= 0.3 is 0 Å². The molecule has 0 amide bonds. The molecule has 3 heterocycles. The summed E-state index contributed by atoms with van der Waals surface area (Å²) < 4.78 is 1.75. The van der Waals surface area contributed by atoms with E-state index in [1.165, 1.54) is 0 Å². The first-order valence-corrected chi connectivity index (χ1v) is 10.8. The number of hydrogen-bond acceptors (Lipinski definition) is 8. The van der Waals surface area contributed by atoms with E-state index in [9.17, 15) is 5.11 Å². The van der Waals surface area contributed by atoms with Crippen molar-refractivity contribution in [3.8, 4) is 0 Å². The molecule has 0 unspecified atom stereocenters. The number of aromatic nitrogens is 4. The zero-order valence-corrected chi connectivity index (χ0v) is 18.4. The van der Waals surface area contributed by atoms with Crippen LogP contribution >= 0.6 is 0 Å². The Balaban J connectivity index is 1.57. The van der Waals surface area contributed by atoms with Crippen LogP contribution in [0.3, 0.4) is 0 Å². The predicted octanol–water partition coefficient (Wildman–Crippen LogP) is 2.17. The molecule has 0 radical (unpaired) electrons. The van der Waals surface area contributed by atoms with Crippen LogP contribution in [0.25, 0.3) is 5.65 Å². The van der Waals surface area contributed by atoms with Crippen molar-refractivity contribution in [2.45, 2.75) is 38.8 Å². The number of likely N-dealkylation sites (tertiary alicyclic amines) is 1. The zero-order chi connectivity index (χ0) is 22.0. The average Bonchev–Trinajstić information content (AvgIpc) is 3.16. The number of fused-ring (bicyclic) bond motifs is 1. The number of benzene rings is 1. The highest BCUT2D eigenvalue weighted by atomic mass is 16.3. The second kappa shape index (κ2) is 9.07. The fraction of sp³-hybridized carbons (Fsp3) is 0.500. The average molecular weight is 425 g/mol. The molecule has 0 aliphatic carbocycles. The number of nitrogens with zero attached hydrogens (tertiary/aromatic N) is 5. The first-order valence-electron chi connectivity index (χ1n) is 10.8. The van der Waals surface area contributed by atoms with Crippen LogP contribution in [0.1, 0.15) is 37.3 Å². The minimum Gasteiger partial charge on any atom is -0.399 e. The normalized spacial score (nSPS) is 19.8. The standard InChI is InChI=1S/C22H32N8O/c1-14(2)18-12-26-30-20(18)27-21(24-11-16-7-8-29(3)13-19(16)31)28-22(30)25-10-15-5-4-6-17(23)9-15/h4-6,9,12,14,16,19,31H,7-8,10-11,13,23H2,1-3H3,(H2,24,25,27,28)/t16-,19+/m1/s1. The van der Waals surface area contributed by atoms with Gasteiger partial charge in [-0.1, -0.05) is 26.0 Å². The lowest BCUT2D eigenvalue weighted by Gasteiger charge is -2.33. The van der Waals surface area contributed by atoms with E-state index in [2.05, 4.69) is 39.5 Å². The molecule has 166 valence electrons. The molecule has 3 aromatic rings. The van der Waals surface area contributed by atoms with Crippen molar-refractivity contribution in [2.24, 2.45) is 5.92 Å². The molecule has 1 aliphatic rings. The van der Waals surface area contributed by atoms with E-state index in [-0.39, 0.29) is 17.9 Å². The van der Waals surface area contributed by atoms with E-state index >= 15 is 0 Å². The van der Waals surface area contributed by atoms with Gasteiger partial charge in [-0.3, -0.25) is 0 Å². The molecule has 0 bridgehead atoms. The maximum Gasteiger partial charge on any atom is 0.229 e. The number of piperidine rings is 1. The van der Waals surface area contributed by atoms with Crippen molar-refractivity contribution < 1.29 is 5.11 Å². The molecule has 0 saturated carbocycles. The number of nitrogen functional groups attached to an aromatic ring is 1. The van der Waals surface area contributed by atoms with Gasteiger partial charge in [0.15, 0.2) is 5.65 Å². The number of rotatable bonds is 7. The highest BCUT2D eigenvalue weighted by Gasteiger charge is 2.26. The van der Waals surface area contributed by atoms with Crippen LogP contribution < -0.4 is 16.4 Å². The molecular formula is C22H32N8O. The molecule has 31 heavy (non-hydrogen) atoms. The predicted molar refractivity (Wildman–Crippen MR) is 123 cm³/mol. The van der Waals surface area contributed by atoms with Crippen molar-refractivity contribution in [2.75, 3.05) is 43.0 Å². The quantitative estimate of drug-likeness (QED) is 0.427. The minimum atomic E-state index is -0.350. The summed E-state index contributed by atoms with van der Waals surface area (Å²) in [5, 5.41) is 21.6. The SMILES string of the molecule is CC(C)c1cnn2c(NCc3cccc(N)c3)nc(NC[C@H]3CCN(C)C[C@@H]3O)nc12. The fourth-order valence-corrected chi connectivity index (χ4v) is 3.98. The van der Waals surface area contributed by atoms with Crippen molar-refractivity contribution in [3.63, 3.8) is 0 Å². The van der Waals surface area contributed by atoms with E-state index in [1.54, 1.807) is 4.52 Å². The molecule has 1 aliphatic heterocycles. The van der Waals surface area contributed by atoms with Crippen molar-refractivity contribution >= 4 is 23.2 Å². The number of aliphatic hydroxyl groups excluding tert-OH is 1. The van der Waals surface area contributed by atoms with Gasteiger partial charge in [-0.15, -0.1) is 0 Å². The van der Waals surface area contributed by atoms with Gasteiger partial charge in [0, 0.05) is 36.8 Å². The third kappa shape index (κ3) is 4.88. The second-order valence-corrected chi connectivity index (χ2v) is 8.72. The molecule has 1 fully saturated rings. The molecular weight excluding hydrogens is 392 g/mol. The van der Waals surface area contributed by atoms with Crippen LogP contribution in [-0.2, 0) is 6.54 Å². The summed E-state index contributed by atoms with van der Waals surface area (Å²) in [5.74, 6) is 1.62. The Labute approximate surface area is 182 Å². The topological polar surface area (TPSA) is 117 Å². The highest BCUT2D eigenvalue weighted by molar-refractivity contribution is 5.56. The first-order chi connectivity index (χ1) is 14.9. The fourth-order valence-electron chi connectivity index (χ4n) is 3.98. The number of hydrogen-bond donors (Lipinski definition) is 4. The van der Waals surface area contributed by atoms with Gasteiger partial charge in [0.25, 0.3) is 0 Å². The van der Waals surface area contributed by atoms with E-state index < -0.39 is 0 Å². The summed E-state index contributed by atoms with van der Waals surface area (Å²) in [4.78, 5) is 11.6. The van der Waals surface area contributed by atoms with Crippen LogP contribution in [0.2, 0.25) is 0 Å². The van der Waals surface area contributed by atoms with Crippen molar-refractivity contribution in [1.29, 1.82) is 0 Å². The Kier molecular flexibility index (Phi) is 6.24. The molecule has 2 aromatic heterocycles. The lowest BCUT2D eigenvalue weighted by Crippen LogP contribution is -2.44. The number of nitrogens with two attached hydrogens (primary N) is 1. The molecule has 2 atom stereocenters. The Bertz CT molecular complexity index is 1030. The molecule has 5 N–H and O–H groups in total. The summed E-state index contributed by atoms with van der Waals surface area (Å²) in [5.41, 5.74) is 9.55. The third-order valence-electron chi connectivity index (χ3n) is 5.87. The summed E-state index contributed by atoms with van der Waals surface area (Å²) >= 11 is 0. The number of β-amino-alcohol motifs (C(OH)–C–C–N with tert-alkyl or cyclic N) is 1. The van der Waals surface area contributed by atoms with Gasteiger partial charge in [0.1, 0.15) is 0 Å². The molecule has 1 aromatic carbocycles. The first kappa shape index (κ1) is 21.3. The van der Waals surface area contributed by atoms with Gasteiger partial charge in [-0.25, -0.2) is 0 Å². The van der Waals surface area contributed by atoms with Gasteiger partial charge in [-0.05, 0) is 43.6 Å². The highest BCUT2D eigenvalue weighted by Crippen LogP contribution is 2.23. The number of likely N-dealkylation sites (N-methyl/N-ethyl adjacent to an activating group) is 1. The van der Waals surface area contributed by atoms with E-state index in [0.717, 1.165) is 35.4 Å². The summed E-state index contributed by atoms with van der Waals surface area (Å²) in [6.07, 6.45) is 2.44. The summed E-state index contributed by atoms with van der Waals surface area (Å²) in [6.45, 7) is 7.13. The number of anilines is 3. The largest absolute Gasteiger partial charge is 0.399 e. The van der Waals surface area contributed by atoms with Crippen LogP contribution in [-0.4, -0.2) is 62.4 Å². The number of aliphatic hydroxyl groups is 1. The lowest BCUT2D eigenvalue weighted by atomic mass is 9.94. The monoisotopic (exact) mass is 424 g/mol. The van der Waals surface area contributed by atoms with Gasteiger partial charge in [-0.2, -0.15) is 19.6 Å². The van der Waals surface area contributed by atoms with Crippen LogP contribution in [0.4, 0.5) is 17.6 Å². The van der Waals surface area contributed by atoms with Crippen LogP contribution in [0.5, 0.6) is 0 Å². The van der Waals surface area contributed by atoms with Crippen molar-refractivity contribution in [3.05, 3.63) is 41.6 Å². The van der Waals surface area contributed by atoms with E-state index in [4.69, 9.17) is 10.7 Å². The molecule has 9 heteroatoms. The zero-order valence-electron chi connectivity index (χ0n) is 18.4. The Morgan fingerprint density at radius 2 is 2.10 bits per heavy atom. The Morgan fingerprint density at radius 3 is 2.84 bits per heavy atom. The number of nitrogens with one attached hydrogen (secondary N) is 2. The van der Waals surface area contributed by atoms with Crippen LogP contribution in [0, 0.1) is 5.92 Å². The Hall–Kier alpha value is -2.91. The van der Waals surface area contributed by atoms with Crippen molar-refractivity contribution in [1.82, 2.24) is 24.5 Å². The molecule has 9 nitrogen and oxygen atoms in total. The molecule has 0 spiro atoms. The van der Waals surface area contributed by atoms with Gasteiger partial charge in [0.2, 0.25) is 11.9 Å². The Morgan fingerprint density at radius 1 is 1.26 bits per heavy atom. The van der Waals surface area contributed by atoms with Gasteiger partial charge < -0.3 is 26.4 Å². The maximum atomic E-state index is 10.4. The maximum absolute atomic E-state index is 10.4. The lowest BCUT2D eigenvalue weighted by molar-refractivity contribution is 0.0379. The van der Waals surface area contributed by atoms with Crippen LogP contribution in [0.15, 0.2) is 30.5 Å². The second-order valence-electron chi connectivity index (χ2n) is 8.72. The van der Waals surface area contributed by atoms with E-state index in [1.807, 2.05) is 37.5 Å². The molecule has 1 saturated heterocycles. The smallest absolute Gasteiger partial charge is 0.229 e. The molecule has 4 rings (SSSR count).